The quantitative estimate of drug-likeness (QED) is 0.414. The molecule has 0 fully saturated rings. The number of rotatable bonds is 7. The molecule has 0 aliphatic carbocycles. The number of aryl methyl sites for hydroxylation is 2. The van der Waals surface area contributed by atoms with Crippen molar-refractivity contribution in [2.45, 2.75) is 45.1 Å². The summed E-state index contributed by atoms with van der Waals surface area (Å²) in [6, 6.07) is 17.9. The van der Waals surface area contributed by atoms with Gasteiger partial charge in [0.25, 0.3) is 0 Å². The van der Waals surface area contributed by atoms with Gasteiger partial charge in [0.05, 0.1) is 5.56 Å². The predicted molar refractivity (Wildman–Crippen MR) is 137 cm³/mol. The van der Waals surface area contributed by atoms with Gasteiger partial charge in [0.1, 0.15) is 28.5 Å². The lowest BCUT2D eigenvalue weighted by molar-refractivity contribution is -0.115. The normalized spacial score (nSPS) is 10.6. The van der Waals surface area contributed by atoms with E-state index in [9.17, 15) is 15.3 Å². The molecular weight excluding hydrogens is 442 g/mol. The molecular formula is C27H27N5OS. The van der Waals surface area contributed by atoms with Gasteiger partial charge in [-0.05, 0) is 42.0 Å². The molecule has 0 saturated heterocycles. The Hall–Kier alpha value is -3.81. The van der Waals surface area contributed by atoms with Gasteiger partial charge in [-0.2, -0.15) is 10.5 Å². The number of nitrogens with two attached hydrogens (primary N) is 1. The molecule has 1 heterocycles. The van der Waals surface area contributed by atoms with Crippen molar-refractivity contribution in [3.05, 3.63) is 70.3 Å². The first-order valence-corrected chi connectivity index (χ1v) is 12.0. The summed E-state index contributed by atoms with van der Waals surface area (Å²) in [6.45, 7) is 8.11. The number of nitrogens with zero attached hydrogens (tertiary/aromatic N) is 3. The number of anilines is 2. The van der Waals surface area contributed by atoms with Gasteiger partial charge in [0, 0.05) is 23.4 Å². The SMILES string of the molecule is Cc1cccc(C)c1NC(=O)CCSc1nc(N)c(C#N)c(-c2ccc(C(C)C)cc2)c1C#N. The fourth-order valence-electron chi connectivity index (χ4n) is 3.68. The van der Waals surface area contributed by atoms with Crippen LogP contribution in [-0.2, 0) is 4.79 Å². The number of amides is 1. The molecule has 0 aliphatic rings. The Bertz CT molecular complexity index is 1280. The lowest BCUT2D eigenvalue weighted by Gasteiger charge is -2.14. The summed E-state index contributed by atoms with van der Waals surface area (Å²) in [6.07, 6.45) is 0.239. The second-order valence-electron chi connectivity index (χ2n) is 8.34. The summed E-state index contributed by atoms with van der Waals surface area (Å²) < 4.78 is 0. The van der Waals surface area contributed by atoms with Crippen LogP contribution in [0.15, 0.2) is 47.5 Å². The average molecular weight is 470 g/mol. The van der Waals surface area contributed by atoms with Crippen molar-refractivity contribution in [1.82, 2.24) is 4.98 Å². The molecule has 3 N–H and O–H groups in total. The van der Waals surface area contributed by atoms with Crippen LogP contribution >= 0.6 is 11.8 Å². The van der Waals surface area contributed by atoms with E-state index in [0.717, 1.165) is 27.9 Å². The van der Waals surface area contributed by atoms with Gasteiger partial charge in [-0.3, -0.25) is 4.79 Å². The maximum Gasteiger partial charge on any atom is 0.225 e. The minimum atomic E-state index is -0.116. The largest absolute Gasteiger partial charge is 0.383 e. The topological polar surface area (TPSA) is 116 Å². The van der Waals surface area contributed by atoms with E-state index in [-0.39, 0.29) is 23.7 Å². The Morgan fingerprint density at radius 1 is 1.06 bits per heavy atom. The maximum atomic E-state index is 12.5. The standard InChI is InChI=1S/C27H27N5OS/c1-16(2)19-8-10-20(11-9-19)24-21(14-28)26(30)32-27(22(24)15-29)34-13-12-23(33)31-25-17(3)6-5-7-18(25)4/h5-11,16H,12-13H2,1-4H3,(H2,30,32)(H,31,33). The van der Waals surface area contributed by atoms with Gasteiger partial charge in [0.15, 0.2) is 0 Å². The molecule has 1 aromatic heterocycles. The first-order chi connectivity index (χ1) is 16.3. The molecule has 7 heteroatoms. The molecule has 0 aliphatic heterocycles. The van der Waals surface area contributed by atoms with Gasteiger partial charge in [-0.25, -0.2) is 4.98 Å². The third-order valence-corrected chi connectivity index (χ3v) is 6.57. The lowest BCUT2D eigenvalue weighted by atomic mass is 9.94. The molecule has 0 unspecified atom stereocenters. The molecule has 34 heavy (non-hydrogen) atoms. The Balaban J connectivity index is 1.84. The molecule has 6 nitrogen and oxygen atoms in total. The number of carbonyl (C=O) groups excluding carboxylic acids is 1. The highest BCUT2D eigenvalue weighted by molar-refractivity contribution is 7.99. The van der Waals surface area contributed by atoms with E-state index in [2.05, 4.69) is 36.3 Å². The van der Waals surface area contributed by atoms with Crippen molar-refractivity contribution in [3.63, 3.8) is 0 Å². The highest BCUT2D eigenvalue weighted by Crippen LogP contribution is 2.36. The summed E-state index contributed by atoms with van der Waals surface area (Å²) in [5, 5.41) is 23.0. The van der Waals surface area contributed by atoms with Crippen molar-refractivity contribution >= 4 is 29.2 Å². The van der Waals surface area contributed by atoms with Crippen LogP contribution < -0.4 is 11.1 Å². The summed E-state index contributed by atoms with van der Waals surface area (Å²) in [5.41, 5.74) is 11.8. The number of thioether (sulfide) groups is 1. The first kappa shape index (κ1) is 24.8. The maximum absolute atomic E-state index is 12.5. The van der Waals surface area contributed by atoms with Crippen LogP contribution in [-0.4, -0.2) is 16.6 Å². The van der Waals surface area contributed by atoms with Crippen LogP contribution in [0, 0.1) is 36.5 Å². The van der Waals surface area contributed by atoms with Crippen LogP contribution in [0.5, 0.6) is 0 Å². The number of pyridine rings is 1. The van der Waals surface area contributed by atoms with Gasteiger partial charge >= 0.3 is 0 Å². The highest BCUT2D eigenvalue weighted by Gasteiger charge is 2.21. The van der Waals surface area contributed by atoms with Crippen LogP contribution in [0.1, 0.15) is 54.0 Å². The van der Waals surface area contributed by atoms with E-state index in [4.69, 9.17) is 5.73 Å². The zero-order chi connectivity index (χ0) is 24.8. The number of hydrogen-bond donors (Lipinski definition) is 2. The van der Waals surface area contributed by atoms with E-state index in [1.807, 2.05) is 56.3 Å². The van der Waals surface area contributed by atoms with Gasteiger partial charge in [0.2, 0.25) is 5.91 Å². The summed E-state index contributed by atoms with van der Waals surface area (Å²) in [5.74, 6) is 0.736. The predicted octanol–water partition coefficient (Wildman–Crippen LogP) is 5.94. The number of hydrogen-bond acceptors (Lipinski definition) is 6. The van der Waals surface area contributed by atoms with Gasteiger partial charge in [-0.1, -0.05) is 56.3 Å². The molecule has 0 spiro atoms. The van der Waals surface area contributed by atoms with Crippen molar-refractivity contribution in [2.75, 3.05) is 16.8 Å². The number of nitriles is 2. The zero-order valence-electron chi connectivity index (χ0n) is 19.8. The van der Waals surface area contributed by atoms with E-state index in [1.165, 1.54) is 11.8 Å². The molecule has 3 aromatic rings. The Labute approximate surface area is 204 Å². The molecule has 0 radical (unpaired) electrons. The molecule has 3 rings (SSSR count). The Morgan fingerprint density at radius 2 is 1.68 bits per heavy atom. The molecule has 0 atom stereocenters. The minimum Gasteiger partial charge on any atom is -0.383 e. The highest BCUT2D eigenvalue weighted by atomic mass is 32.2. The number of para-hydroxylation sites is 1. The Morgan fingerprint density at radius 3 is 2.24 bits per heavy atom. The number of carbonyl (C=O) groups is 1. The first-order valence-electron chi connectivity index (χ1n) is 11.0. The fraction of sp³-hybridized carbons (Fsp3) is 0.259. The van der Waals surface area contributed by atoms with Gasteiger partial charge in [-0.15, -0.1) is 11.8 Å². The second-order valence-corrected chi connectivity index (χ2v) is 9.42. The number of nitrogens with one attached hydrogen (secondary N) is 1. The summed E-state index contributed by atoms with van der Waals surface area (Å²) in [7, 11) is 0. The summed E-state index contributed by atoms with van der Waals surface area (Å²) >= 11 is 1.29. The van der Waals surface area contributed by atoms with Crippen LogP contribution in [0.4, 0.5) is 11.5 Å². The average Bonchev–Trinajstić information content (AvgIpc) is 2.81. The Kier molecular flexibility index (Phi) is 7.94. The number of nitrogen functional groups attached to an aromatic ring is 1. The van der Waals surface area contributed by atoms with Crippen molar-refractivity contribution in [3.8, 4) is 23.3 Å². The fourth-order valence-corrected chi connectivity index (χ4v) is 4.62. The van der Waals surface area contributed by atoms with Crippen molar-refractivity contribution < 1.29 is 4.79 Å². The van der Waals surface area contributed by atoms with Crippen LogP contribution in [0.2, 0.25) is 0 Å². The minimum absolute atomic E-state index is 0.0759. The zero-order valence-corrected chi connectivity index (χ0v) is 20.6. The third-order valence-electron chi connectivity index (χ3n) is 5.60. The summed E-state index contributed by atoms with van der Waals surface area (Å²) in [4.78, 5) is 16.8. The monoisotopic (exact) mass is 469 g/mol. The van der Waals surface area contributed by atoms with E-state index >= 15 is 0 Å². The lowest BCUT2D eigenvalue weighted by Crippen LogP contribution is -2.14. The molecule has 0 bridgehead atoms. The van der Waals surface area contributed by atoms with Crippen molar-refractivity contribution in [2.24, 2.45) is 0 Å². The van der Waals surface area contributed by atoms with E-state index < -0.39 is 0 Å². The second kappa shape index (κ2) is 10.9. The molecule has 0 saturated carbocycles. The smallest absolute Gasteiger partial charge is 0.225 e. The van der Waals surface area contributed by atoms with Crippen LogP contribution in [0.25, 0.3) is 11.1 Å². The molecule has 172 valence electrons. The van der Waals surface area contributed by atoms with Gasteiger partial charge < -0.3 is 11.1 Å². The molecule has 1 amide bonds. The van der Waals surface area contributed by atoms with Crippen LogP contribution in [0.3, 0.4) is 0 Å². The number of benzene rings is 2. The van der Waals surface area contributed by atoms with Crippen molar-refractivity contribution in [1.29, 1.82) is 10.5 Å². The third kappa shape index (κ3) is 5.39. The van der Waals surface area contributed by atoms with E-state index in [0.29, 0.717) is 27.8 Å². The van der Waals surface area contributed by atoms with E-state index in [1.54, 1.807) is 0 Å². The number of aromatic nitrogens is 1. The molecule has 2 aromatic carbocycles.